The molecule has 6 nitrogen and oxygen atoms in total. The van der Waals surface area contributed by atoms with E-state index in [0.29, 0.717) is 10.9 Å². The molecule has 1 fully saturated rings. The highest BCUT2D eigenvalue weighted by molar-refractivity contribution is 7.80. The number of carbonyl (C=O) groups is 1. The lowest BCUT2D eigenvalue weighted by Crippen LogP contribution is -2.29. The minimum absolute atomic E-state index is 0.127. The monoisotopic (exact) mass is 393 g/mol. The SMILES string of the molecule is CCN1C(=S)N[C@H](c2ccccn2)[C@H]1c1ccc(-c2cccc(C(=O)O)c2)o1. The van der Waals surface area contributed by atoms with E-state index in [9.17, 15) is 9.90 Å². The van der Waals surface area contributed by atoms with Crippen molar-refractivity contribution in [2.24, 2.45) is 0 Å². The van der Waals surface area contributed by atoms with Crippen molar-refractivity contribution >= 4 is 23.3 Å². The summed E-state index contributed by atoms with van der Waals surface area (Å²) >= 11 is 5.52. The van der Waals surface area contributed by atoms with Gasteiger partial charge in [-0.15, -0.1) is 0 Å². The van der Waals surface area contributed by atoms with Crippen LogP contribution in [0.2, 0.25) is 0 Å². The fourth-order valence-corrected chi connectivity index (χ4v) is 3.90. The van der Waals surface area contributed by atoms with Crippen molar-refractivity contribution in [3.05, 3.63) is 77.8 Å². The minimum atomic E-state index is -0.966. The van der Waals surface area contributed by atoms with Crippen LogP contribution < -0.4 is 5.32 Å². The van der Waals surface area contributed by atoms with Crippen molar-refractivity contribution < 1.29 is 14.3 Å². The Morgan fingerprint density at radius 3 is 2.82 bits per heavy atom. The maximum absolute atomic E-state index is 11.2. The Morgan fingerprint density at radius 2 is 2.11 bits per heavy atom. The molecular formula is C21H19N3O3S. The van der Waals surface area contributed by atoms with Gasteiger partial charge in [0.2, 0.25) is 0 Å². The van der Waals surface area contributed by atoms with Crippen LogP contribution in [0.5, 0.6) is 0 Å². The molecule has 1 aliphatic rings. The largest absolute Gasteiger partial charge is 0.478 e. The summed E-state index contributed by atoms with van der Waals surface area (Å²) in [6.45, 7) is 2.77. The van der Waals surface area contributed by atoms with Gasteiger partial charge in [-0.1, -0.05) is 18.2 Å². The van der Waals surface area contributed by atoms with Gasteiger partial charge < -0.3 is 19.7 Å². The smallest absolute Gasteiger partial charge is 0.335 e. The summed E-state index contributed by atoms with van der Waals surface area (Å²) in [7, 11) is 0. The maximum Gasteiger partial charge on any atom is 0.335 e. The molecule has 0 aliphatic carbocycles. The number of hydrogen-bond acceptors (Lipinski definition) is 4. The van der Waals surface area contributed by atoms with Crippen molar-refractivity contribution in [2.75, 3.05) is 6.54 Å². The normalized spacial score (nSPS) is 18.9. The van der Waals surface area contributed by atoms with Crippen molar-refractivity contribution in [1.29, 1.82) is 0 Å². The number of rotatable bonds is 5. The molecule has 1 aromatic carbocycles. The lowest BCUT2D eigenvalue weighted by molar-refractivity contribution is 0.0697. The first kappa shape index (κ1) is 18.2. The second kappa shape index (κ2) is 7.44. The van der Waals surface area contributed by atoms with Gasteiger partial charge in [-0.3, -0.25) is 4.98 Å². The molecule has 0 saturated carbocycles. The Kier molecular flexibility index (Phi) is 4.83. The standard InChI is InChI=1S/C21H19N3O3S/c1-2-24-19(18(23-21(24)28)15-8-3-4-11-22-15)17-10-9-16(27-17)13-6-5-7-14(12-13)20(25)26/h3-12,18-19H,2H2,1H3,(H,23,28)(H,25,26)/t18-,19-/m1/s1. The molecule has 4 rings (SSSR count). The second-order valence-electron chi connectivity index (χ2n) is 6.50. The van der Waals surface area contributed by atoms with Gasteiger partial charge >= 0.3 is 5.97 Å². The fraction of sp³-hybridized carbons (Fsp3) is 0.190. The molecule has 7 heteroatoms. The van der Waals surface area contributed by atoms with Crippen LogP contribution in [0.3, 0.4) is 0 Å². The van der Waals surface area contributed by atoms with Crippen molar-refractivity contribution in [1.82, 2.24) is 15.2 Å². The summed E-state index contributed by atoms with van der Waals surface area (Å²) in [5, 5.41) is 13.2. The first-order valence-electron chi connectivity index (χ1n) is 9.00. The molecule has 0 amide bonds. The van der Waals surface area contributed by atoms with E-state index in [4.69, 9.17) is 16.6 Å². The third-order valence-corrected chi connectivity index (χ3v) is 5.20. The molecule has 3 heterocycles. The van der Waals surface area contributed by atoms with Gasteiger partial charge in [-0.05, 0) is 55.5 Å². The van der Waals surface area contributed by atoms with Crippen LogP contribution in [0.15, 0.2) is 65.2 Å². The first-order valence-corrected chi connectivity index (χ1v) is 9.41. The zero-order valence-corrected chi connectivity index (χ0v) is 16.0. The maximum atomic E-state index is 11.2. The number of benzene rings is 1. The number of carboxylic acid groups (broad SMARTS) is 1. The third kappa shape index (κ3) is 3.25. The highest BCUT2D eigenvalue weighted by Crippen LogP contribution is 2.40. The lowest BCUT2D eigenvalue weighted by atomic mass is 10.0. The summed E-state index contributed by atoms with van der Waals surface area (Å²) in [4.78, 5) is 17.8. The zero-order valence-electron chi connectivity index (χ0n) is 15.2. The molecule has 1 aliphatic heterocycles. The topological polar surface area (TPSA) is 78.6 Å². The summed E-state index contributed by atoms with van der Waals surface area (Å²) in [6.07, 6.45) is 1.76. The Hall–Kier alpha value is -3.19. The van der Waals surface area contributed by atoms with E-state index in [0.717, 1.165) is 23.6 Å². The number of aromatic nitrogens is 1. The van der Waals surface area contributed by atoms with Crippen molar-refractivity contribution in [3.63, 3.8) is 0 Å². The second-order valence-corrected chi connectivity index (χ2v) is 6.89. The number of carboxylic acids is 1. The van der Waals surface area contributed by atoms with Crippen molar-refractivity contribution in [3.8, 4) is 11.3 Å². The van der Waals surface area contributed by atoms with Gasteiger partial charge in [-0.25, -0.2) is 4.79 Å². The Labute approximate surface area is 167 Å². The molecule has 2 aromatic heterocycles. The van der Waals surface area contributed by atoms with E-state index in [1.165, 1.54) is 0 Å². The van der Waals surface area contributed by atoms with E-state index < -0.39 is 5.97 Å². The lowest BCUT2D eigenvalue weighted by Gasteiger charge is -2.24. The van der Waals surface area contributed by atoms with E-state index in [1.54, 1.807) is 24.4 Å². The summed E-state index contributed by atoms with van der Waals surface area (Å²) < 4.78 is 6.16. The van der Waals surface area contributed by atoms with Gasteiger partial charge in [0.15, 0.2) is 5.11 Å². The minimum Gasteiger partial charge on any atom is -0.478 e. The molecular weight excluding hydrogens is 374 g/mol. The number of hydrogen-bond donors (Lipinski definition) is 2. The Balaban J connectivity index is 1.72. The molecule has 0 spiro atoms. The van der Waals surface area contributed by atoms with E-state index in [1.807, 2.05) is 43.3 Å². The van der Waals surface area contributed by atoms with Crippen LogP contribution in [-0.4, -0.2) is 32.6 Å². The van der Waals surface area contributed by atoms with Crippen LogP contribution in [0.1, 0.15) is 40.8 Å². The molecule has 142 valence electrons. The number of aromatic carboxylic acids is 1. The van der Waals surface area contributed by atoms with Crippen LogP contribution >= 0.6 is 12.2 Å². The molecule has 1 saturated heterocycles. The van der Waals surface area contributed by atoms with Crippen LogP contribution in [0, 0.1) is 0 Å². The molecule has 28 heavy (non-hydrogen) atoms. The molecule has 0 unspecified atom stereocenters. The Morgan fingerprint density at radius 1 is 1.25 bits per heavy atom. The summed E-state index contributed by atoms with van der Waals surface area (Å²) in [5.74, 6) is 0.402. The van der Waals surface area contributed by atoms with E-state index in [2.05, 4.69) is 15.2 Å². The number of pyridine rings is 1. The van der Waals surface area contributed by atoms with Gasteiger partial charge in [0.05, 0.1) is 17.3 Å². The predicted molar refractivity (Wildman–Crippen MR) is 109 cm³/mol. The number of nitrogens with zero attached hydrogens (tertiary/aromatic N) is 2. The predicted octanol–water partition coefficient (Wildman–Crippen LogP) is 4.03. The number of nitrogens with one attached hydrogen (secondary N) is 1. The van der Waals surface area contributed by atoms with Gasteiger partial charge in [0.25, 0.3) is 0 Å². The third-order valence-electron chi connectivity index (χ3n) is 4.85. The van der Waals surface area contributed by atoms with E-state index in [-0.39, 0.29) is 17.6 Å². The van der Waals surface area contributed by atoms with Crippen LogP contribution in [0.25, 0.3) is 11.3 Å². The molecule has 3 aromatic rings. The van der Waals surface area contributed by atoms with Crippen molar-refractivity contribution in [2.45, 2.75) is 19.0 Å². The van der Waals surface area contributed by atoms with Gasteiger partial charge in [0.1, 0.15) is 17.6 Å². The zero-order chi connectivity index (χ0) is 19.7. The van der Waals surface area contributed by atoms with Crippen LogP contribution in [0.4, 0.5) is 0 Å². The molecule has 2 atom stereocenters. The number of likely N-dealkylation sites (N-methyl/N-ethyl adjacent to an activating group) is 1. The highest BCUT2D eigenvalue weighted by Gasteiger charge is 2.40. The summed E-state index contributed by atoms with van der Waals surface area (Å²) in [5.41, 5.74) is 1.83. The number of thiocarbonyl (C=S) groups is 1. The molecule has 0 bridgehead atoms. The van der Waals surface area contributed by atoms with E-state index >= 15 is 0 Å². The fourth-order valence-electron chi connectivity index (χ4n) is 3.53. The molecule has 0 radical (unpaired) electrons. The summed E-state index contributed by atoms with van der Waals surface area (Å²) in [6, 6.07) is 16.0. The quantitative estimate of drug-likeness (QED) is 0.634. The molecule has 2 N–H and O–H groups in total. The average Bonchev–Trinajstić information content (AvgIpc) is 3.33. The van der Waals surface area contributed by atoms with Crippen LogP contribution in [-0.2, 0) is 0 Å². The average molecular weight is 393 g/mol. The Bertz CT molecular complexity index is 1020. The van der Waals surface area contributed by atoms with Gasteiger partial charge in [0, 0.05) is 18.3 Å². The first-order chi connectivity index (χ1) is 13.6. The number of furan rings is 1. The highest BCUT2D eigenvalue weighted by atomic mass is 32.1. The van der Waals surface area contributed by atoms with Gasteiger partial charge in [-0.2, -0.15) is 0 Å².